The molecule has 15 aromatic carbocycles. The Kier molecular flexibility index (Phi) is 20.9. The number of aromatic nitrogens is 2. The van der Waals surface area contributed by atoms with Crippen molar-refractivity contribution in [1.29, 1.82) is 0 Å². The van der Waals surface area contributed by atoms with Crippen molar-refractivity contribution in [3.05, 3.63) is 353 Å². The lowest BCUT2D eigenvalue weighted by molar-refractivity contribution is 0.590. The van der Waals surface area contributed by atoms with Crippen molar-refractivity contribution < 1.29 is 0 Å². The highest BCUT2D eigenvalue weighted by molar-refractivity contribution is 7.00. The summed E-state index contributed by atoms with van der Waals surface area (Å²) in [5.74, 6) is 0. The van der Waals surface area contributed by atoms with Gasteiger partial charge in [-0.15, -0.1) is 0 Å². The van der Waals surface area contributed by atoms with E-state index in [0.29, 0.717) is 0 Å². The first-order valence-corrected chi connectivity index (χ1v) is 47.8. The topological polar surface area (TPSA) is 16.3 Å². The fourth-order valence-corrected chi connectivity index (χ4v) is 20.5. The Morgan fingerprint density at radius 1 is 0.183 bits per heavy atom. The van der Waals surface area contributed by atoms with E-state index in [2.05, 4.69) is 509 Å². The van der Waals surface area contributed by atoms with E-state index in [1.54, 1.807) is 0 Å². The Morgan fingerprint density at radius 2 is 0.405 bits per heavy atom. The molecule has 2 aliphatic heterocycles. The molecule has 0 spiro atoms. The number of rotatable bonds is 10. The summed E-state index contributed by atoms with van der Waals surface area (Å²) in [6.45, 7) is 62.8. The van der Waals surface area contributed by atoms with Gasteiger partial charge in [0.25, 0.3) is 6.71 Å². The highest BCUT2D eigenvalue weighted by atomic mass is 15.2. The first-order chi connectivity index (χ1) is 61.6. The summed E-state index contributed by atoms with van der Waals surface area (Å²) in [4.78, 5) is 5.34. The van der Waals surface area contributed by atoms with Crippen molar-refractivity contribution in [3.8, 4) is 78.1 Å². The standard InChI is InChI=1S/C126H131BN4/c1-118(2,3)84-46-34-78(35-47-84)97-30-28-31-98(79-36-48-85(49-37-79)119(4,5)6)115(97)82-42-58-93(59-43-82)128-111-76-95(130-107-70-88(122(13,14)15)54-64-101(107)102-65-55-89(71-108(102)130)123(16,17)18)62-68-105(111)127-106-69-63-96(131-109-72-90(124(19,20)21)56-66-103(109)104-67-57-91(73-110(104)131)125(22,23)24)77-112(106)129(114-75-92(126(25,26)27)74-113(128)117(114)127)94-60-44-83(45-61-94)116-99(80-38-50-86(51-39-80)120(7,8)9)32-29-33-100(116)81-40-52-87(53-41-81)121(10,11)12/h28-77H,1-27H3. The molecule has 0 fully saturated rings. The summed E-state index contributed by atoms with van der Waals surface area (Å²) in [5, 5.41) is 4.99. The lowest BCUT2D eigenvalue weighted by atomic mass is 9.33. The van der Waals surface area contributed by atoms with Crippen LogP contribution in [0.5, 0.6) is 0 Å². The Balaban J connectivity index is 0.897. The average Bonchev–Trinajstić information content (AvgIpc) is 1.50. The van der Waals surface area contributed by atoms with Crippen LogP contribution in [0.4, 0.5) is 34.1 Å². The third-order valence-corrected chi connectivity index (χ3v) is 28.6. The Hall–Kier alpha value is -12.4. The average molecular weight is 1710 g/mol. The summed E-state index contributed by atoms with van der Waals surface area (Å²) < 4.78 is 5.20. The minimum absolute atomic E-state index is 0.000804. The second-order valence-electron chi connectivity index (χ2n) is 47.2. The zero-order chi connectivity index (χ0) is 92.8. The van der Waals surface area contributed by atoms with Crippen molar-refractivity contribution in [2.75, 3.05) is 9.80 Å². The van der Waals surface area contributed by atoms with Gasteiger partial charge in [-0.1, -0.05) is 405 Å². The molecular formula is C126H131BN4. The van der Waals surface area contributed by atoms with Gasteiger partial charge < -0.3 is 18.9 Å². The van der Waals surface area contributed by atoms with E-state index >= 15 is 0 Å². The molecule has 19 rings (SSSR count). The van der Waals surface area contributed by atoms with Crippen LogP contribution >= 0.6 is 0 Å². The molecule has 0 N–H and O–H groups in total. The van der Waals surface area contributed by atoms with Crippen LogP contribution in [0.1, 0.15) is 237 Å². The van der Waals surface area contributed by atoms with Gasteiger partial charge >= 0.3 is 0 Å². The highest BCUT2D eigenvalue weighted by Crippen LogP contribution is 2.53. The Bertz CT molecular complexity index is 6640. The van der Waals surface area contributed by atoms with Gasteiger partial charge in [0.15, 0.2) is 0 Å². The quantitative estimate of drug-likeness (QED) is 0.127. The SMILES string of the molecule is CC(C)(C)c1ccc(-c2cccc(-c3ccc(C(C)(C)C)cc3)c2-c2ccc(N3c4cc(-n5c6cc(C(C)(C)C)ccc6c6ccc(C(C)(C)C)cc65)ccc4B4c5ccc(-n6c7cc(C(C)(C)C)ccc7c7ccc(C(C)(C)C)cc76)cc5N(c5ccc(-c6c(-c7ccc(C(C)(C)C)cc7)cccc6-c6ccc(C(C)(C)C)cc6)cc5)c5cc(C(C)(C)C)cc3c54)cc2)cc1. The van der Waals surface area contributed by atoms with Gasteiger partial charge in [0.1, 0.15) is 0 Å². The summed E-state index contributed by atoms with van der Waals surface area (Å²) in [7, 11) is 0. The van der Waals surface area contributed by atoms with Gasteiger partial charge in [0.05, 0.1) is 22.1 Å². The molecule has 4 heterocycles. The maximum atomic E-state index is 2.67. The van der Waals surface area contributed by atoms with Crippen molar-refractivity contribution >= 4 is 101 Å². The first kappa shape index (κ1) is 87.9. The van der Waals surface area contributed by atoms with E-state index in [-0.39, 0.29) is 55.4 Å². The molecule has 4 nitrogen and oxygen atoms in total. The minimum Gasteiger partial charge on any atom is -0.311 e. The van der Waals surface area contributed by atoms with Crippen LogP contribution in [0, 0.1) is 0 Å². The van der Waals surface area contributed by atoms with Gasteiger partial charge in [-0.3, -0.25) is 0 Å². The van der Waals surface area contributed by atoms with Gasteiger partial charge in [-0.2, -0.15) is 0 Å². The molecule has 17 aromatic rings. The molecule has 2 aliphatic rings. The van der Waals surface area contributed by atoms with Gasteiger partial charge in [-0.05, 0) is 267 Å². The van der Waals surface area contributed by atoms with Crippen molar-refractivity contribution in [2.24, 2.45) is 0 Å². The lowest BCUT2D eigenvalue weighted by Crippen LogP contribution is -2.61. The number of anilines is 6. The maximum absolute atomic E-state index is 2.67. The molecule has 0 radical (unpaired) electrons. The summed E-state index contributed by atoms with van der Waals surface area (Å²) in [5.41, 5.74) is 42.9. The molecule has 0 aliphatic carbocycles. The predicted octanol–water partition coefficient (Wildman–Crippen LogP) is 33.6. The molecular weight excluding hydrogens is 1580 g/mol. The molecule has 0 atom stereocenters. The van der Waals surface area contributed by atoms with Crippen LogP contribution in [0.15, 0.2) is 303 Å². The summed E-state index contributed by atoms with van der Waals surface area (Å²) in [6, 6.07) is 120. The van der Waals surface area contributed by atoms with E-state index in [9.17, 15) is 0 Å². The molecule has 0 bridgehead atoms. The smallest absolute Gasteiger partial charge is 0.252 e. The van der Waals surface area contributed by atoms with E-state index in [0.717, 1.165) is 56.6 Å². The predicted molar refractivity (Wildman–Crippen MR) is 570 cm³/mol. The Labute approximate surface area is 781 Å². The van der Waals surface area contributed by atoms with E-state index < -0.39 is 0 Å². The first-order valence-electron chi connectivity index (χ1n) is 47.8. The van der Waals surface area contributed by atoms with Crippen LogP contribution in [-0.4, -0.2) is 15.8 Å². The third kappa shape index (κ3) is 15.8. The second kappa shape index (κ2) is 31.1. The zero-order valence-corrected chi connectivity index (χ0v) is 82.7. The van der Waals surface area contributed by atoms with Crippen LogP contribution < -0.4 is 26.2 Å². The largest absolute Gasteiger partial charge is 0.311 e. The molecule has 5 heteroatoms. The number of benzene rings is 15. The summed E-state index contributed by atoms with van der Waals surface area (Å²) in [6.07, 6.45) is 0. The molecule has 131 heavy (non-hydrogen) atoms. The monoisotopic (exact) mass is 1710 g/mol. The number of hydrogen-bond acceptors (Lipinski definition) is 2. The number of nitrogens with zero attached hydrogens (tertiary/aromatic N) is 4. The highest BCUT2D eigenvalue weighted by Gasteiger charge is 2.45. The zero-order valence-electron chi connectivity index (χ0n) is 82.7. The second-order valence-corrected chi connectivity index (χ2v) is 47.2. The van der Waals surface area contributed by atoms with Gasteiger partial charge in [0, 0.05) is 67.0 Å². The maximum Gasteiger partial charge on any atom is 0.252 e. The van der Waals surface area contributed by atoms with Crippen LogP contribution in [0.2, 0.25) is 0 Å². The van der Waals surface area contributed by atoms with Crippen LogP contribution in [0.25, 0.3) is 122 Å². The van der Waals surface area contributed by atoms with E-state index in [1.165, 1.54) is 166 Å². The van der Waals surface area contributed by atoms with Gasteiger partial charge in [-0.25, -0.2) is 0 Å². The van der Waals surface area contributed by atoms with Crippen LogP contribution in [0.3, 0.4) is 0 Å². The Morgan fingerprint density at radius 3 is 0.641 bits per heavy atom. The van der Waals surface area contributed by atoms with Crippen LogP contribution in [-0.2, 0) is 48.7 Å². The van der Waals surface area contributed by atoms with E-state index in [4.69, 9.17) is 0 Å². The third-order valence-electron chi connectivity index (χ3n) is 28.6. The fraction of sp³-hybridized carbons (Fsp3) is 0.286. The molecule has 0 saturated carbocycles. The lowest BCUT2D eigenvalue weighted by Gasteiger charge is -2.45. The minimum atomic E-state index is -0.320. The van der Waals surface area contributed by atoms with Crippen molar-refractivity contribution in [2.45, 2.75) is 236 Å². The van der Waals surface area contributed by atoms with Crippen molar-refractivity contribution in [3.63, 3.8) is 0 Å². The molecule has 0 saturated heterocycles. The molecule has 0 unspecified atom stereocenters. The summed E-state index contributed by atoms with van der Waals surface area (Å²) >= 11 is 0. The number of fused-ring (bicyclic) bond motifs is 10. The molecule has 658 valence electrons. The fourth-order valence-electron chi connectivity index (χ4n) is 20.5. The normalized spacial score (nSPS) is 13.6. The van der Waals surface area contributed by atoms with E-state index in [1.807, 2.05) is 0 Å². The van der Waals surface area contributed by atoms with Gasteiger partial charge in [0.2, 0.25) is 0 Å². The number of hydrogen-bond donors (Lipinski definition) is 0. The molecule has 2 aromatic heterocycles. The molecule has 0 amide bonds. The van der Waals surface area contributed by atoms with Crippen molar-refractivity contribution in [1.82, 2.24) is 9.13 Å².